The number of aryl methyl sites for hydroxylation is 1. The number of imidazole rings is 1. The lowest BCUT2D eigenvalue weighted by Crippen LogP contribution is -2.47. The highest BCUT2D eigenvalue weighted by Crippen LogP contribution is 2.35. The summed E-state index contributed by atoms with van der Waals surface area (Å²) in [5.74, 6) is -0.0650. The van der Waals surface area contributed by atoms with E-state index in [4.69, 9.17) is 0 Å². The second-order valence-corrected chi connectivity index (χ2v) is 6.36. The summed E-state index contributed by atoms with van der Waals surface area (Å²) in [6, 6.07) is 5.75. The number of hydrogen-bond donors (Lipinski definition) is 1. The Morgan fingerprint density at radius 2 is 2.04 bits per heavy atom. The summed E-state index contributed by atoms with van der Waals surface area (Å²) in [7, 11) is 1.95. The maximum Gasteiger partial charge on any atom is 0.252 e. The van der Waals surface area contributed by atoms with Crippen molar-refractivity contribution in [2.75, 3.05) is 5.32 Å². The Hall–Kier alpha value is -2.77. The molecule has 0 saturated heterocycles. The van der Waals surface area contributed by atoms with Gasteiger partial charge in [0.25, 0.3) is 5.91 Å². The topological polar surface area (TPSA) is 90.5 Å². The molecule has 8 nitrogen and oxygen atoms in total. The van der Waals surface area contributed by atoms with Crippen LogP contribution in [0.3, 0.4) is 0 Å². The molecular formula is C16H19N7O. The van der Waals surface area contributed by atoms with Gasteiger partial charge in [-0.3, -0.25) is 4.79 Å². The molecule has 1 N–H and O–H groups in total. The highest BCUT2D eigenvalue weighted by atomic mass is 16.2. The molecule has 3 aromatic rings. The van der Waals surface area contributed by atoms with E-state index >= 15 is 0 Å². The number of benzene rings is 1. The van der Waals surface area contributed by atoms with Gasteiger partial charge >= 0.3 is 0 Å². The van der Waals surface area contributed by atoms with E-state index in [0.717, 1.165) is 48.8 Å². The summed E-state index contributed by atoms with van der Waals surface area (Å²) in [4.78, 5) is 17.4. The van der Waals surface area contributed by atoms with Gasteiger partial charge in [0.2, 0.25) is 0 Å². The molecule has 2 aromatic heterocycles. The largest absolute Gasteiger partial charge is 0.334 e. The highest BCUT2D eigenvalue weighted by molar-refractivity contribution is 5.98. The highest BCUT2D eigenvalue weighted by Gasteiger charge is 2.42. The molecule has 1 aliphatic carbocycles. The van der Waals surface area contributed by atoms with Crippen molar-refractivity contribution < 1.29 is 4.79 Å². The van der Waals surface area contributed by atoms with Gasteiger partial charge in [-0.15, -0.1) is 5.10 Å². The minimum atomic E-state index is -0.708. The third-order valence-corrected chi connectivity index (χ3v) is 4.87. The van der Waals surface area contributed by atoms with Crippen molar-refractivity contribution in [3.63, 3.8) is 0 Å². The summed E-state index contributed by atoms with van der Waals surface area (Å²) in [5.41, 5.74) is 1.92. The first-order chi connectivity index (χ1) is 11.7. The van der Waals surface area contributed by atoms with Crippen LogP contribution in [-0.4, -0.2) is 35.7 Å². The number of carbonyl (C=O) groups excluding carboxylic acids is 1. The number of anilines is 1. The van der Waals surface area contributed by atoms with Crippen LogP contribution in [-0.2, 0) is 17.4 Å². The van der Waals surface area contributed by atoms with Crippen LogP contribution in [0.1, 0.15) is 32.1 Å². The zero-order chi connectivity index (χ0) is 16.6. The fraction of sp³-hybridized carbons (Fsp3) is 0.438. The molecule has 24 heavy (non-hydrogen) atoms. The zero-order valence-electron chi connectivity index (χ0n) is 13.5. The maximum absolute atomic E-state index is 13.1. The third kappa shape index (κ3) is 2.34. The number of hydrogen-bond acceptors (Lipinski definition) is 5. The molecule has 2 heterocycles. The second-order valence-electron chi connectivity index (χ2n) is 6.36. The minimum absolute atomic E-state index is 0.0650. The Balaban J connectivity index is 1.65. The van der Waals surface area contributed by atoms with Crippen LogP contribution >= 0.6 is 0 Å². The summed E-state index contributed by atoms with van der Waals surface area (Å²) >= 11 is 0. The van der Waals surface area contributed by atoms with Gasteiger partial charge in [0, 0.05) is 12.7 Å². The number of carbonyl (C=O) groups is 1. The van der Waals surface area contributed by atoms with Crippen molar-refractivity contribution >= 4 is 22.6 Å². The first kappa shape index (κ1) is 14.8. The number of nitrogens with one attached hydrogen (secondary N) is 1. The lowest BCUT2D eigenvalue weighted by molar-refractivity contribution is -0.126. The monoisotopic (exact) mass is 325 g/mol. The Kier molecular flexibility index (Phi) is 3.51. The van der Waals surface area contributed by atoms with E-state index in [2.05, 4.69) is 25.8 Å². The van der Waals surface area contributed by atoms with Gasteiger partial charge in [-0.2, -0.15) is 0 Å². The minimum Gasteiger partial charge on any atom is -0.334 e. The van der Waals surface area contributed by atoms with Crippen LogP contribution < -0.4 is 5.32 Å². The average molecular weight is 325 g/mol. The van der Waals surface area contributed by atoms with E-state index in [-0.39, 0.29) is 5.91 Å². The van der Waals surface area contributed by atoms with Gasteiger partial charge in [0.15, 0.2) is 0 Å². The molecule has 1 amide bonds. The number of amides is 1. The molecule has 1 saturated carbocycles. The molecule has 0 aliphatic heterocycles. The molecule has 0 radical (unpaired) electrons. The van der Waals surface area contributed by atoms with Crippen LogP contribution in [0.25, 0.3) is 11.0 Å². The molecule has 0 atom stereocenters. The SMILES string of the molecule is Cn1cnc2cc(NC(=O)C3(n4cnnn4)CCCCC3)ccc21. The Labute approximate surface area is 138 Å². The normalized spacial score (nSPS) is 17.0. The van der Waals surface area contributed by atoms with E-state index in [9.17, 15) is 4.79 Å². The van der Waals surface area contributed by atoms with Gasteiger partial charge in [0.1, 0.15) is 11.9 Å². The van der Waals surface area contributed by atoms with E-state index in [1.807, 2.05) is 29.8 Å². The Morgan fingerprint density at radius 3 is 2.79 bits per heavy atom. The molecule has 1 fully saturated rings. The first-order valence-corrected chi connectivity index (χ1v) is 8.15. The number of aromatic nitrogens is 6. The van der Waals surface area contributed by atoms with Crippen molar-refractivity contribution in [3.05, 3.63) is 30.9 Å². The van der Waals surface area contributed by atoms with Gasteiger partial charge in [-0.05, 0) is 41.5 Å². The van der Waals surface area contributed by atoms with Gasteiger partial charge in [-0.1, -0.05) is 19.3 Å². The van der Waals surface area contributed by atoms with Crippen LogP contribution in [0, 0.1) is 0 Å². The summed E-state index contributed by atoms with van der Waals surface area (Å²) in [6.45, 7) is 0. The molecule has 0 bridgehead atoms. The number of tetrazole rings is 1. The van der Waals surface area contributed by atoms with Gasteiger partial charge in [0.05, 0.1) is 17.4 Å². The quantitative estimate of drug-likeness (QED) is 0.793. The molecule has 124 valence electrons. The van der Waals surface area contributed by atoms with Crippen LogP contribution in [0.5, 0.6) is 0 Å². The van der Waals surface area contributed by atoms with Crippen molar-refractivity contribution in [2.45, 2.75) is 37.6 Å². The van der Waals surface area contributed by atoms with Gasteiger partial charge in [-0.25, -0.2) is 9.67 Å². The average Bonchev–Trinajstić information content (AvgIpc) is 3.26. The standard InChI is InChI=1S/C16H19N7O/c1-22-10-17-13-9-12(5-6-14(13)22)19-15(24)16(7-3-2-4-8-16)23-11-18-20-21-23/h5-6,9-11H,2-4,7-8H2,1H3,(H,19,24). The predicted octanol–water partition coefficient (Wildman–Crippen LogP) is 1.86. The molecular weight excluding hydrogens is 306 g/mol. The van der Waals surface area contributed by atoms with Crippen LogP contribution in [0.4, 0.5) is 5.69 Å². The van der Waals surface area contributed by atoms with Crippen molar-refractivity contribution in [1.82, 2.24) is 29.8 Å². The lowest BCUT2D eigenvalue weighted by Gasteiger charge is -2.35. The molecule has 0 spiro atoms. The smallest absolute Gasteiger partial charge is 0.252 e. The fourth-order valence-corrected chi connectivity index (χ4v) is 3.52. The molecule has 1 aromatic carbocycles. The van der Waals surface area contributed by atoms with Crippen molar-refractivity contribution in [2.24, 2.45) is 7.05 Å². The predicted molar refractivity (Wildman–Crippen MR) is 88.2 cm³/mol. The fourth-order valence-electron chi connectivity index (χ4n) is 3.52. The van der Waals surface area contributed by atoms with E-state index < -0.39 is 5.54 Å². The third-order valence-electron chi connectivity index (χ3n) is 4.87. The maximum atomic E-state index is 13.1. The van der Waals surface area contributed by atoms with E-state index in [1.165, 1.54) is 6.33 Å². The van der Waals surface area contributed by atoms with Crippen LogP contribution in [0.2, 0.25) is 0 Å². The molecule has 0 unspecified atom stereocenters. The van der Waals surface area contributed by atoms with Crippen molar-refractivity contribution in [3.8, 4) is 0 Å². The Morgan fingerprint density at radius 1 is 1.21 bits per heavy atom. The van der Waals surface area contributed by atoms with Gasteiger partial charge < -0.3 is 9.88 Å². The molecule has 8 heteroatoms. The lowest BCUT2D eigenvalue weighted by atomic mass is 9.81. The molecule has 4 rings (SSSR count). The molecule has 1 aliphatic rings. The van der Waals surface area contributed by atoms with Crippen LogP contribution in [0.15, 0.2) is 30.9 Å². The van der Waals surface area contributed by atoms with E-state index in [1.54, 1.807) is 11.0 Å². The number of nitrogens with zero attached hydrogens (tertiary/aromatic N) is 6. The summed E-state index contributed by atoms with van der Waals surface area (Å²) < 4.78 is 3.56. The summed E-state index contributed by atoms with van der Waals surface area (Å²) in [6.07, 6.45) is 7.91. The second kappa shape index (κ2) is 5.70. The summed E-state index contributed by atoms with van der Waals surface area (Å²) in [5, 5.41) is 14.5. The van der Waals surface area contributed by atoms with Crippen molar-refractivity contribution in [1.29, 1.82) is 0 Å². The number of rotatable bonds is 3. The van der Waals surface area contributed by atoms with E-state index in [0.29, 0.717) is 0 Å². The first-order valence-electron chi connectivity index (χ1n) is 8.15. The zero-order valence-corrected chi connectivity index (χ0v) is 13.5. The Bertz CT molecular complexity index is 862. The number of fused-ring (bicyclic) bond motifs is 1.